The second-order valence-corrected chi connectivity index (χ2v) is 3.83. The molecule has 0 saturated carbocycles. The molecule has 0 radical (unpaired) electrons. The van der Waals surface area contributed by atoms with Gasteiger partial charge in [-0.2, -0.15) is 0 Å². The van der Waals surface area contributed by atoms with Gasteiger partial charge in [0, 0.05) is 13.2 Å². The molecule has 1 aliphatic rings. The molecule has 0 spiro atoms. The fraction of sp³-hybridized carbons (Fsp3) is 0.750. The summed E-state index contributed by atoms with van der Waals surface area (Å²) in [6, 6.07) is 0. The maximum Gasteiger partial charge on any atom is 0.373 e. The van der Waals surface area contributed by atoms with E-state index in [1.165, 1.54) is 0 Å². The summed E-state index contributed by atoms with van der Waals surface area (Å²) in [6.45, 7) is 4.27. The molecule has 1 aliphatic heterocycles. The monoisotopic (exact) mass is 260 g/mol. The minimum atomic E-state index is -1.36. The first-order valence-corrected chi connectivity index (χ1v) is 6.13. The van der Waals surface area contributed by atoms with Crippen molar-refractivity contribution >= 4 is 5.97 Å². The van der Waals surface area contributed by atoms with Crippen LogP contribution in [0.2, 0.25) is 0 Å². The molecule has 1 fully saturated rings. The van der Waals surface area contributed by atoms with Crippen LogP contribution in [0.25, 0.3) is 0 Å². The predicted octanol–water partition coefficient (Wildman–Crippen LogP) is 0.895. The van der Waals surface area contributed by atoms with Crippen molar-refractivity contribution in [1.29, 1.82) is 0 Å². The molecule has 2 atom stereocenters. The molecule has 104 valence electrons. The van der Waals surface area contributed by atoms with Crippen LogP contribution >= 0.6 is 0 Å². The molecule has 0 aromatic rings. The van der Waals surface area contributed by atoms with E-state index in [-0.39, 0.29) is 18.8 Å². The lowest BCUT2D eigenvalue weighted by molar-refractivity contribution is -0.143. The summed E-state index contributed by atoms with van der Waals surface area (Å²) in [5.74, 6) is -1.49. The molecule has 2 N–H and O–H groups in total. The van der Waals surface area contributed by atoms with Gasteiger partial charge in [-0.15, -0.1) is 0 Å². The van der Waals surface area contributed by atoms with Crippen molar-refractivity contribution in [2.24, 2.45) is 0 Å². The largest absolute Gasteiger partial charge is 0.502 e. The van der Waals surface area contributed by atoms with Crippen molar-refractivity contribution in [2.45, 2.75) is 39.1 Å². The van der Waals surface area contributed by atoms with Crippen LogP contribution in [-0.4, -0.2) is 48.4 Å². The summed E-state index contributed by atoms with van der Waals surface area (Å²) in [6.07, 6.45) is -0.426. The average Bonchev–Trinajstić information content (AvgIpc) is 2.83. The van der Waals surface area contributed by atoms with Gasteiger partial charge in [0.25, 0.3) is 0 Å². The Morgan fingerprint density at radius 3 is 2.67 bits per heavy atom. The van der Waals surface area contributed by atoms with Gasteiger partial charge < -0.3 is 24.4 Å². The first kappa shape index (κ1) is 14.9. The van der Waals surface area contributed by atoms with E-state index in [1.807, 2.05) is 0 Å². The standard InChI is InChI=1S/C12H20O6/c1-3-16-11(14)9(8-6-5-7-18-8)10(13)12(15)17-4-2/h8,11,13-14H,3-7H2,1-2H3/b10-9-. The third-order valence-corrected chi connectivity index (χ3v) is 2.61. The van der Waals surface area contributed by atoms with Crippen molar-refractivity contribution < 1.29 is 29.2 Å². The minimum absolute atomic E-state index is 0.0489. The van der Waals surface area contributed by atoms with Gasteiger partial charge in [0.15, 0.2) is 6.29 Å². The van der Waals surface area contributed by atoms with E-state index >= 15 is 0 Å². The van der Waals surface area contributed by atoms with Crippen molar-refractivity contribution in [1.82, 2.24) is 0 Å². The van der Waals surface area contributed by atoms with Gasteiger partial charge in [-0.25, -0.2) is 4.79 Å². The van der Waals surface area contributed by atoms with E-state index < -0.39 is 24.1 Å². The van der Waals surface area contributed by atoms with Crippen LogP contribution < -0.4 is 0 Å². The van der Waals surface area contributed by atoms with Gasteiger partial charge in [-0.05, 0) is 26.7 Å². The summed E-state index contributed by atoms with van der Waals surface area (Å²) >= 11 is 0. The third kappa shape index (κ3) is 3.69. The van der Waals surface area contributed by atoms with Crippen LogP contribution in [0.15, 0.2) is 11.3 Å². The highest BCUT2D eigenvalue weighted by Gasteiger charge is 2.32. The molecule has 18 heavy (non-hydrogen) atoms. The van der Waals surface area contributed by atoms with E-state index in [4.69, 9.17) is 14.2 Å². The number of aliphatic hydroxyl groups excluding tert-OH is 2. The van der Waals surface area contributed by atoms with Crippen molar-refractivity contribution in [3.05, 3.63) is 11.3 Å². The number of hydrogen-bond donors (Lipinski definition) is 2. The van der Waals surface area contributed by atoms with Gasteiger partial charge in [0.1, 0.15) is 0 Å². The summed E-state index contributed by atoms with van der Waals surface area (Å²) in [5.41, 5.74) is 0.0489. The molecule has 6 nitrogen and oxygen atoms in total. The highest BCUT2D eigenvalue weighted by molar-refractivity contribution is 5.87. The molecule has 0 amide bonds. The van der Waals surface area contributed by atoms with Crippen LogP contribution in [0.3, 0.4) is 0 Å². The Labute approximate surface area is 106 Å². The molecule has 1 rings (SSSR count). The van der Waals surface area contributed by atoms with E-state index in [0.717, 1.165) is 6.42 Å². The maximum atomic E-state index is 11.5. The van der Waals surface area contributed by atoms with Crippen LogP contribution in [0.5, 0.6) is 0 Å². The first-order chi connectivity index (χ1) is 8.61. The Kier molecular flexibility index (Phi) is 6.11. The smallest absolute Gasteiger partial charge is 0.373 e. The summed E-state index contributed by atoms with van der Waals surface area (Å²) < 4.78 is 15.1. The van der Waals surface area contributed by atoms with Gasteiger partial charge >= 0.3 is 5.97 Å². The molecule has 6 heteroatoms. The number of carbonyl (C=O) groups excluding carboxylic acids is 1. The Morgan fingerprint density at radius 2 is 2.17 bits per heavy atom. The van der Waals surface area contributed by atoms with Gasteiger partial charge in [-0.3, -0.25) is 0 Å². The second-order valence-electron chi connectivity index (χ2n) is 3.83. The molecule has 1 heterocycles. The lowest BCUT2D eigenvalue weighted by atomic mass is 10.0. The zero-order chi connectivity index (χ0) is 13.5. The molecule has 0 aromatic carbocycles. The fourth-order valence-electron chi connectivity index (χ4n) is 1.82. The third-order valence-electron chi connectivity index (χ3n) is 2.61. The second kappa shape index (κ2) is 7.35. The zero-order valence-corrected chi connectivity index (χ0v) is 10.7. The predicted molar refractivity (Wildman–Crippen MR) is 62.9 cm³/mol. The summed E-state index contributed by atoms with van der Waals surface area (Å²) in [5, 5.41) is 19.7. The summed E-state index contributed by atoms with van der Waals surface area (Å²) in [4.78, 5) is 11.5. The van der Waals surface area contributed by atoms with Crippen LogP contribution in [-0.2, 0) is 19.0 Å². The molecule has 1 saturated heterocycles. The lowest BCUT2D eigenvalue weighted by Gasteiger charge is -2.20. The molecule has 0 aliphatic carbocycles. The van der Waals surface area contributed by atoms with Crippen LogP contribution in [0.4, 0.5) is 0 Å². The molecule has 0 bridgehead atoms. The molecular formula is C12H20O6. The minimum Gasteiger partial charge on any atom is -0.502 e. The fourth-order valence-corrected chi connectivity index (χ4v) is 1.82. The van der Waals surface area contributed by atoms with E-state index in [9.17, 15) is 15.0 Å². The molecular weight excluding hydrogens is 240 g/mol. The number of aliphatic hydroxyl groups is 2. The normalized spacial score (nSPS) is 22.5. The van der Waals surface area contributed by atoms with Gasteiger partial charge in [-0.1, -0.05) is 0 Å². The molecule has 0 aromatic heterocycles. The number of hydrogen-bond acceptors (Lipinski definition) is 6. The summed E-state index contributed by atoms with van der Waals surface area (Å²) in [7, 11) is 0. The SMILES string of the molecule is CCOC(=O)/C(O)=C(/C(O)OCC)C1CCCO1. The van der Waals surface area contributed by atoms with E-state index in [2.05, 4.69) is 0 Å². The van der Waals surface area contributed by atoms with E-state index in [1.54, 1.807) is 13.8 Å². The Hall–Kier alpha value is -1.11. The van der Waals surface area contributed by atoms with Crippen molar-refractivity contribution in [3.8, 4) is 0 Å². The van der Waals surface area contributed by atoms with E-state index in [0.29, 0.717) is 13.0 Å². The quantitative estimate of drug-likeness (QED) is 0.319. The molecule has 2 unspecified atom stereocenters. The van der Waals surface area contributed by atoms with Gasteiger partial charge in [0.2, 0.25) is 5.76 Å². The zero-order valence-electron chi connectivity index (χ0n) is 10.7. The average molecular weight is 260 g/mol. The van der Waals surface area contributed by atoms with Crippen LogP contribution in [0, 0.1) is 0 Å². The van der Waals surface area contributed by atoms with Gasteiger partial charge in [0.05, 0.1) is 18.3 Å². The number of rotatable bonds is 6. The number of ether oxygens (including phenoxy) is 3. The van der Waals surface area contributed by atoms with Crippen molar-refractivity contribution in [2.75, 3.05) is 19.8 Å². The maximum absolute atomic E-state index is 11.5. The lowest BCUT2D eigenvalue weighted by Crippen LogP contribution is -2.28. The number of carbonyl (C=O) groups is 1. The topological polar surface area (TPSA) is 85.2 Å². The Morgan fingerprint density at radius 1 is 1.44 bits per heavy atom. The Bertz CT molecular complexity index is 306. The van der Waals surface area contributed by atoms with Crippen molar-refractivity contribution in [3.63, 3.8) is 0 Å². The van der Waals surface area contributed by atoms with Crippen LogP contribution in [0.1, 0.15) is 26.7 Å². The highest BCUT2D eigenvalue weighted by Crippen LogP contribution is 2.25. The highest BCUT2D eigenvalue weighted by atomic mass is 16.6. The first-order valence-electron chi connectivity index (χ1n) is 6.13. The number of esters is 1. The Balaban J connectivity index is 2.93.